The van der Waals surface area contributed by atoms with E-state index in [9.17, 15) is 12.8 Å². The predicted octanol–water partition coefficient (Wildman–Crippen LogP) is 2.66. The molecule has 0 unspecified atom stereocenters. The zero-order valence-electron chi connectivity index (χ0n) is 16.2. The normalized spacial score (nSPS) is 10.8. The van der Waals surface area contributed by atoms with Gasteiger partial charge in [-0.25, -0.2) is 22.9 Å². The standard InChI is InChI=1S/C19H17FN6O4S/c1-29-16-7-4-13(10-17(16)31(22,27)28)25-19-23-11-15(20)18(26-19)24-12-2-5-14(6-3-12)30-9-8-21/h2-7,10-11H,9H2,1H3,(H2,22,27,28)(H2,23,24,25,26). The number of nitriles is 1. The summed E-state index contributed by atoms with van der Waals surface area (Å²) in [6, 6.07) is 12.6. The monoisotopic (exact) mass is 444 g/mol. The van der Waals surface area contributed by atoms with E-state index in [1.165, 1.54) is 25.3 Å². The van der Waals surface area contributed by atoms with Gasteiger partial charge in [0.05, 0.1) is 13.3 Å². The number of aromatic nitrogens is 2. The lowest BCUT2D eigenvalue weighted by atomic mass is 10.3. The number of hydrogen-bond acceptors (Lipinski definition) is 9. The Kier molecular flexibility index (Phi) is 6.49. The first-order valence-electron chi connectivity index (χ1n) is 8.67. The van der Waals surface area contributed by atoms with Crippen molar-refractivity contribution in [1.29, 1.82) is 5.26 Å². The van der Waals surface area contributed by atoms with Crippen LogP contribution in [0.25, 0.3) is 0 Å². The van der Waals surface area contributed by atoms with Crippen LogP contribution in [-0.4, -0.2) is 32.1 Å². The smallest absolute Gasteiger partial charge is 0.241 e. The molecule has 2 aromatic carbocycles. The number of nitrogens with zero attached hydrogens (tertiary/aromatic N) is 3. The van der Waals surface area contributed by atoms with Crippen LogP contribution in [0.15, 0.2) is 53.6 Å². The molecule has 0 aliphatic heterocycles. The quantitative estimate of drug-likeness (QED) is 0.476. The van der Waals surface area contributed by atoms with E-state index in [0.29, 0.717) is 17.1 Å². The molecule has 0 aliphatic carbocycles. The summed E-state index contributed by atoms with van der Waals surface area (Å²) in [6.45, 7) is -0.0825. The number of halogens is 1. The number of nitrogens with two attached hydrogens (primary N) is 1. The van der Waals surface area contributed by atoms with E-state index >= 15 is 0 Å². The highest BCUT2D eigenvalue weighted by Gasteiger charge is 2.16. The predicted molar refractivity (Wildman–Crippen MR) is 110 cm³/mol. The molecular weight excluding hydrogens is 427 g/mol. The van der Waals surface area contributed by atoms with Gasteiger partial charge in [0.1, 0.15) is 22.5 Å². The van der Waals surface area contributed by atoms with Gasteiger partial charge in [0.15, 0.2) is 18.2 Å². The summed E-state index contributed by atoms with van der Waals surface area (Å²) in [4.78, 5) is 7.71. The van der Waals surface area contributed by atoms with Crippen molar-refractivity contribution in [3.05, 3.63) is 54.5 Å². The summed E-state index contributed by atoms with van der Waals surface area (Å²) < 4.78 is 47.8. The first-order valence-corrected chi connectivity index (χ1v) is 10.2. The highest BCUT2D eigenvalue weighted by molar-refractivity contribution is 7.89. The maximum Gasteiger partial charge on any atom is 0.241 e. The highest BCUT2D eigenvalue weighted by Crippen LogP contribution is 2.28. The second kappa shape index (κ2) is 9.24. The van der Waals surface area contributed by atoms with Gasteiger partial charge in [-0.05, 0) is 42.5 Å². The number of hydrogen-bond donors (Lipinski definition) is 3. The number of ether oxygens (including phenoxy) is 2. The number of nitrogens with one attached hydrogen (secondary N) is 2. The average molecular weight is 444 g/mol. The molecule has 31 heavy (non-hydrogen) atoms. The van der Waals surface area contributed by atoms with Crippen molar-refractivity contribution < 1.29 is 22.3 Å². The van der Waals surface area contributed by atoms with Crippen LogP contribution in [0.3, 0.4) is 0 Å². The molecule has 3 aromatic rings. The molecule has 0 saturated carbocycles. The molecule has 0 atom stereocenters. The number of primary sulfonamides is 1. The summed E-state index contributed by atoms with van der Waals surface area (Å²) in [5, 5.41) is 19.4. The fraction of sp³-hybridized carbons (Fsp3) is 0.105. The van der Waals surface area contributed by atoms with Crippen LogP contribution in [0.4, 0.5) is 27.5 Å². The molecule has 0 fully saturated rings. The Morgan fingerprint density at radius 1 is 1.16 bits per heavy atom. The zero-order chi connectivity index (χ0) is 22.4. The first kappa shape index (κ1) is 21.8. The summed E-state index contributed by atoms with van der Waals surface area (Å²) in [7, 11) is -2.71. The van der Waals surface area contributed by atoms with Crippen LogP contribution in [0.5, 0.6) is 11.5 Å². The largest absolute Gasteiger partial charge is 0.495 e. The van der Waals surface area contributed by atoms with E-state index in [4.69, 9.17) is 19.9 Å². The number of benzene rings is 2. The van der Waals surface area contributed by atoms with E-state index in [-0.39, 0.29) is 29.0 Å². The third-order valence-electron chi connectivity index (χ3n) is 3.89. The molecular formula is C19H17FN6O4S. The molecule has 0 bridgehead atoms. The van der Waals surface area contributed by atoms with Gasteiger partial charge in [0, 0.05) is 11.4 Å². The van der Waals surface area contributed by atoms with E-state index in [1.807, 2.05) is 6.07 Å². The van der Waals surface area contributed by atoms with Gasteiger partial charge in [0.25, 0.3) is 0 Å². The lowest BCUT2D eigenvalue weighted by Crippen LogP contribution is -2.14. The van der Waals surface area contributed by atoms with Crippen molar-refractivity contribution in [1.82, 2.24) is 9.97 Å². The van der Waals surface area contributed by atoms with Gasteiger partial charge < -0.3 is 20.1 Å². The molecule has 160 valence electrons. The van der Waals surface area contributed by atoms with Crippen LogP contribution in [0.2, 0.25) is 0 Å². The van der Waals surface area contributed by atoms with E-state index in [0.717, 1.165) is 6.20 Å². The SMILES string of the molecule is COc1ccc(Nc2ncc(F)c(Nc3ccc(OCC#N)cc3)n2)cc1S(N)(=O)=O. The second-order valence-electron chi connectivity index (χ2n) is 6.02. The van der Waals surface area contributed by atoms with Crippen molar-refractivity contribution in [2.45, 2.75) is 4.90 Å². The highest BCUT2D eigenvalue weighted by atomic mass is 32.2. The van der Waals surface area contributed by atoms with Gasteiger partial charge in [-0.15, -0.1) is 0 Å². The van der Waals surface area contributed by atoms with Gasteiger partial charge in [-0.1, -0.05) is 0 Å². The van der Waals surface area contributed by atoms with E-state index < -0.39 is 15.8 Å². The second-order valence-corrected chi connectivity index (χ2v) is 7.55. The third kappa shape index (κ3) is 5.56. The van der Waals surface area contributed by atoms with Gasteiger partial charge in [-0.2, -0.15) is 10.2 Å². The summed E-state index contributed by atoms with van der Waals surface area (Å²) in [5.41, 5.74) is 0.829. The number of methoxy groups -OCH3 is 1. The molecule has 4 N–H and O–H groups in total. The Balaban J connectivity index is 1.81. The molecule has 0 saturated heterocycles. The van der Waals surface area contributed by atoms with Crippen LogP contribution in [-0.2, 0) is 10.0 Å². The number of sulfonamides is 1. The van der Waals surface area contributed by atoms with Crippen molar-refractivity contribution in [2.75, 3.05) is 24.4 Å². The van der Waals surface area contributed by atoms with Crippen LogP contribution in [0.1, 0.15) is 0 Å². The molecule has 0 radical (unpaired) electrons. The molecule has 12 heteroatoms. The Morgan fingerprint density at radius 2 is 1.87 bits per heavy atom. The molecule has 10 nitrogen and oxygen atoms in total. The number of rotatable bonds is 8. The average Bonchev–Trinajstić information content (AvgIpc) is 2.75. The minimum atomic E-state index is -4.03. The van der Waals surface area contributed by atoms with Crippen LogP contribution in [0, 0.1) is 17.1 Å². The third-order valence-corrected chi connectivity index (χ3v) is 4.82. The van der Waals surface area contributed by atoms with E-state index in [2.05, 4.69) is 20.6 Å². The Bertz CT molecular complexity index is 1230. The summed E-state index contributed by atoms with van der Waals surface area (Å²) in [5.74, 6) is -0.220. The molecule has 1 heterocycles. The minimum absolute atomic E-state index is 0.0170. The van der Waals surface area contributed by atoms with Crippen LogP contribution >= 0.6 is 0 Å². The Labute approximate surface area is 177 Å². The zero-order valence-corrected chi connectivity index (χ0v) is 17.0. The summed E-state index contributed by atoms with van der Waals surface area (Å²) >= 11 is 0. The van der Waals surface area contributed by atoms with Gasteiger partial charge >= 0.3 is 0 Å². The van der Waals surface area contributed by atoms with Gasteiger partial charge in [0.2, 0.25) is 16.0 Å². The Hall–Kier alpha value is -3.95. The van der Waals surface area contributed by atoms with Crippen molar-refractivity contribution in [2.24, 2.45) is 5.14 Å². The fourth-order valence-corrected chi connectivity index (χ4v) is 3.23. The fourth-order valence-electron chi connectivity index (χ4n) is 2.51. The van der Waals surface area contributed by atoms with E-state index in [1.54, 1.807) is 24.3 Å². The minimum Gasteiger partial charge on any atom is -0.495 e. The lowest BCUT2D eigenvalue weighted by Gasteiger charge is -2.12. The maximum absolute atomic E-state index is 14.2. The topological polar surface area (TPSA) is 152 Å². The van der Waals surface area contributed by atoms with Crippen molar-refractivity contribution in [3.8, 4) is 17.6 Å². The molecule has 1 aromatic heterocycles. The lowest BCUT2D eigenvalue weighted by molar-refractivity contribution is 0.368. The molecule has 0 spiro atoms. The molecule has 0 amide bonds. The maximum atomic E-state index is 14.2. The van der Waals surface area contributed by atoms with Gasteiger partial charge in [-0.3, -0.25) is 0 Å². The molecule has 3 rings (SSSR count). The first-order chi connectivity index (χ1) is 14.8. The Morgan fingerprint density at radius 3 is 2.52 bits per heavy atom. The van der Waals surface area contributed by atoms with Crippen LogP contribution < -0.4 is 25.2 Å². The summed E-state index contributed by atoms with van der Waals surface area (Å²) in [6.07, 6.45) is 0.964. The van der Waals surface area contributed by atoms with Crippen molar-refractivity contribution in [3.63, 3.8) is 0 Å². The van der Waals surface area contributed by atoms with Crippen molar-refractivity contribution >= 4 is 33.2 Å². The molecule has 0 aliphatic rings. The number of anilines is 4.